The third-order valence-corrected chi connectivity index (χ3v) is 6.10. The van der Waals surface area contributed by atoms with Crippen molar-refractivity contribution in [1.82, 2.24) is 20.4 Å². The Morgan fingerprint density at radius 2 is 1.72 bits per heavy atom. The molecule has 0 amide bonds. The van der Waals surface area contributed by atoms with Crippen molar-refractivity contribution in [3.05, 3.63) is 64.7 Å². The number of nitrogens with zero attached hydrogens (tertiary/aromatic N) is 3. The topological polar surface area (TPSA) is 52.1 Å². The number of hydrogen-bond donors (Lipinski definition) is 2. The van der Waals surface area contributed by atoms with Crippen molar-refractivity contribution in [3.63, 3.8) is 0 Å². The number of hydrogen-bond acceptors (Lipinski definition) is 4. The van der Waals surface area contributed by atoms with Crippen LogP contribution in [0, 0.1) is 6.92 Å². The van der Waals surface area contributed by atoms with Crippen LogP contribution in [0.3, 0.4) is 0 Å². The maximum Gasteiger partial charge on any atom is 0.191 e. The summed E-state index contributed by atoms with van der Waals surface area (Å²) in [7, 11) is 5.75. The Morgan fingerprint density at radius 3 is 2.47 bits per heavy atom. The van der Waals surface area contributed by atoms with Gasteiger partial charge in [-0.25, -0.2) is 0 Å². The van der Waals surface area contributed by atoms with Crippen LogP contribution in [0.25, 0.3) is 0 Å². The summed E-state index contributed by atoms with van der Waals surface area (Å²) < 4.78 is 5.42. The molecule has 2 N–H and O–H groups in total. The fraction of sp³-hybridized carbons (Fsp3) is 0.500. The molecule has 6 nitrogen and oxygen atoms in total. The number of aryl methyl sites for hydroxylation is 1. The molecular weight excluding hydrogens is 398 g/mol. The van der Waals surface area contributed by atoms with E-state index in [9.17, 15) is 0 Å². The zero-order chi connectivity index (χ0) is 22.8. The molecule has 0 bridgehead atoms. The van der Waals surface area contributed by atoms with E-state index in [0.29, 0.717) is 0 Å². The summed E-state index contributed by atoms with van der Waals surface area (Å²) in [6.45, 7) is 9.37. The molecule has 1 heterocycles. The van der Waals surface area contributed by atoms with Gasteiger partial charge in [-0.05, 0) is 68.2 Å². The minimum absolute atomic E-state index is 0.757. The molecule has 0 aliphatic carbocycles. The lowest BCUT2D eigenvalue weighted by atomic mass is 10.1. The standard InChI is InChI=1S/C26H39N5O/c1-21-6-7-22(18-25(21)32-4)12-13-28-26(27-2)29-19-23-8-10-24(11-9-23)20-31-15-5-14-30(3)16-17-31/h6-11,18H,5,12-17,19-20H2,1-4H3,(H2,27,28,29). The first-order valence-corrected chi connectivity index (χ1v) is 11.6. The SMILES string of the molecule is CN=C(NCCc1ccc(C)c(OC)c1)NCc1ccc(CN2CCCN(C)CC2)cc1. The van der Waals surface area contributed by atoms with Gasteiger partial charge in [0.15, 0.2) is 5.96 Å². The van der Waals surface area contributed by atoms with Gasteiger partial charge >= 0.3 is 0 Å². The normalized spacial score (nSPS) is 15.9. The number of benzene rings is 2. The Kier molecular flexibility index (Phi) is 9.38. The fourth-order valence-electron chi connectivity index (χ4n) is 4.03. The number of guanidine groups is 1. The average Bonchev–Trinajstić information content (AvgIpc) is 3.02. The summed E-state index contributed by atoms with van der Waals surface area (Å²) in [6.07, 6.45) is 2.17. The summed E-state index contributed by atoms with van der Waals surface area (Å²) >= 11 is 0. The van der Waals surface area contributed by atoms with Gasteiger partial charge in [-0.2, -0.15) is 0 Å². The first kappa shape index (κ1) is 24.1. The lowest BCUT2D eigenvalue weighted by Crippen LogP contribution is -2.37. The van der Waals surface area contributed by atoms with Gasteiger partial charge in [-0.1, -0.05) is 36.4 Å². The largest absolute Gasteiger partial charge is 0.496 e. The maximum absolute atomic E-state index is 5.42. The highest BCUT2D eigenvalue weighted by Crippen LogP contribution is 2.19. The molecule has 2 aromatic rings. The van der Waals surface area contributed by atoms with Crippen molar-refractivity contribution in [2.45, 2.75) is 32.9 Å². The van der Waals surface area contributed by atoms with Gasteiger partial charge in [-0.15, -0.1) is 0 Å². The summed E-state index contributed by atoms with van der Waals surface area (Å²) in [4.78, 5) is 9.34. The highest BCUT2D eigenvalue weighted by atomic mass is 16.5. The molecule has 1 aliphatic heterocycles. The predicted octanol–water partition coefficient (Wildman–Crippen LogP) is 3.05. The molecule has 174 valence electrons. The van der Waals surface area contributed by atoms with E-state index in [1.807, 2.05) is 7.05 Å². The minimum atomic E-state index is 0.757. The molecule has 1 saturated heterocycles. The van der Waals surface area contributed by atoms with Crippen LogP contribution in [0.2, 0.25) is 0 Å². The number of methoxy groups -OCH3 is 1. The zero-order valence-corrected chi connectivity index (χ0v) is 20.2. The van der Waals surface area contributed by atoms with Gasteiger partial charge in [0.2, 0.25) is 0 Å². The van der Waals surface area contributed by atoms with Crippen molar-refractivity contribution >= 4 is 5.96 Å². The van der Waals surface area contributed by atoms with Crippen molar-refractivity contribution in [2.24, 2.45) is 4.99 Å². The van der Waals surface area contributed by atoms with Crippen LogP contribution in [-0.4, -0.2) is 69.7 Å². The average molecular weight is 438 g/mol. The Labute approximate surface area is 193 Å². The molecule has 0 saturated carbocycles. The number of nitrogens with one attached hydrogen (secondary N) is 2. The molecule has 3 rings (SSSR count). The van der Waals surface area contributed by atoms with E-state index in [4.69, 9.17) is 4.74 Å². The lowest BCUT2D eigenvalue weighted by Gasteiger charge is -2.20. The molecule has 0 aromatic heterocycles. The number of rotatable bonds is 8. The second kappa shape index (κ2) is 12.5. The zero-order valence-electron chi connectivity index (χ0n) is 20.2. The van der Waals surface area contributed by atoms with E-state index < -0.39 is 0 Å². The second-order valence-electron chi connectivity index (χ2n) is 8.66. The van der Waals surface area contributed by atoms with Crippen LogP contribution in [0.1, 0.15) is 28.7 Å². The highest BCUT2D eigenvalue weighted by Gasteiger charge is 2.12. The lowest BCUT2D eigenvalue weighted by molar-refractivity contribution is 0.269. The second-order valence-corrected chi connectivity index (χ2v) is 8.66. The van der Waals surface area contributed by atoms with E-state index in [-0.39, 0.29) is 0 Å². The van der Waals surface area contributed by atoms with E-state index >= 15 is 0 Å². The van der Waals surface area contributed by atoms with Crippen molar-refractivity contribution in [1.29, 1.82) is 0 Å². The van der Waals surface area contributed by atoms with Gasteiger partial charge in [0.05, 0.1) is 7.11 Å². The first-order valence-electron chi connectivity index (χ1n) is 11.6. The smallest absolute Gasteiger partial charge is 0.191 e. The van der Waals surface area contributed by atoms with Gasteiger partial charge in [0.1, 0.15) is 5.75 Å². The van der Waals surface area contributed by atoms with E-state index in [0.717, 1.165) is 56.4 Å². The van der Waals surface area contributed by atoms with Crippen LogP contribution in [0.4, 0.5) is 0 Å². The quantitative estimate of drug-likeness (QED) is 0.491. The summed E-state index contributed by atoms with van der Waals surface area (Å²) in [6, 6.07) is 15.3. The van der Waals surface area contributed by atoms with Crippen LogP contribution >= 0.6 is 0 Å². The van der Waals surface area contributed by atoms with Crippen molar-refractivity contribution in [3.8, 4) is 5.75 Å². The van der Waals surface area contributed by atoms with Crippen LogP contribution < -0.4 is 15.4 Å². The van der Waals surface area contributed by atoms with Crippen molar-refractivity contribution < 1.29 is 4.74 Å². The van der Waals surface area contributed by atoms with Crippen molar-refractivity contribution in [2.75, 3.05) is 53.9 Å². The third-order valence-electron chi connectivity index (χ3n) is 6.10. The van der Waals surface area contributed by atoms with E-state index in [1.165, 1.54) is 36.2 Å². The molecule has 0 unspecified atom stereocenters. The van der Waals surface area contributed by atoms with Gasteiger partial charge in [0.25, 0.3) is 0 Å². The van der Waals surface area contributed by atoms with E-state index in [1.54, 1.807) is 7.11 Å². The Hall–Kier alpha value is -2.57. The Morgan fingerprint density at radius 1 is 0.969 bits per heavy atom. The van der Waals surface area contributed by atoms with Gasteiger partial charge in [0, 0.05) is 39.8 Å². The number of aliphatic imine (C=N–C) groups is 1. The van der Waals surface area contributed by atoms with Gasteiger partial charge in [-0.3, -0.25) is 9.89 Å². The molecule has 0 spiro atoms. The Bertz CT molecular complexity index is 865. The van der Waals surface area contributed by atoms with Crippen LogP contribution in [-0.2, 0) is 19.5 Å². The fourth-order valence-corrected chi connectivity index (χ4v) is 4.03. The van der Waals surface area contributed by atoms with Gasteiger partial charge < -0.3 is 20.3 Å². The molecular formula is C26H39N5O. The molecule has 2 aromatic carbocycles. The molecule has 0 radical (unpaired) electrons. The number of likely N-dealkylation sites (N-methyl/N-ethyl adjacent to an activating group) is 1. The molecule has 0 atom stereocenters. The molecule has 32 heavy (non-hydrogen) atoms. The number of ether oxygens (including phenoxy) is 1. The monoisotopic (exact) mass is 437 g/mol. The maximum atomic E-state index is 5.42. The molecule has 6 heteroatoms. The third kappa shape index (κ3) is 7.53. The molecule has 1 fully saturated rings. The van der Waals surface area contributed by atoms with Crippen LogP contribution in [0.5, 0.6) is 5.75 Å². The first-order chi connectivity index (χ1) is 15.6. The highest BCUT2D eigenvalue weighted by molar-refractivity contribution is 5.79. The summed E-state index contributed by atoms with van der Waals surface area (Å²) in [5, 5.41) is 6.82. The Balaban J connectivity index is 1.41. The van der Waals surface area contributed by atoms with E-state index in [2.05, 4.69) is 81.9 Å². The summed E-state index contributed by atoms with van der Waals surface area (Å²) in [5.41, 5.74) is 5.05. The van der Waals surface area contributed by atoms with Crippen LogP contribution in [0.15, 0.2) is 47.5 Å². The minimum Gasteiger partial charge on any atom is -0.496 e. The molecule has 1 aliphatic rings. The summed E-state index contributed by atoms with van der Waals surface area (Å²) in [5.74, 6) is 1.76. The predicted molar refractivity (Wildman–Crippen MR) is 133 cm³/mol.